The Kier molecular flexibility index (Phi) is 4.93. The second-order valence-corrected chi connectivity index (χ2v) is 6.64. The van der Waals surface area contributed by atoms with Crippen LogP contribution in [0.2, 0.25) is 0 Å². The molecular weight excluding hydrogens is 403 g/mol. The summed E-state index contributed by atoms with van der Waals surface area (Å²) in [6.45, 7) is 0. The molecule has 1 radical (unpaired) electrons. The molecule has 0 amide bonds. The zero-order valence-electron chi connectivity index (χ0n) is 15.2. The maximum absolute atomic E-state index is 10.2. The summed E-state index contributed by atoms with van der Waals surface area (Å²) in [6.07, 6.45) is 0. The van der Waals surface area contributed by atoms with Crippen LogP contribution >= 0.6 is 0 Å². The van der Waals surface area contributed by atoms with Crippen molar-refractivity contribution in [2.45, 2.75) is 0 Å². The molecule has 5 aromatic rings. The van der Waals surface area contributed by atoms with Gasteiger partial charge in [-0.25, -0.2) is 9.97 Å². The fourth-order valence-electron chi connectivity index (χ4n) is 3.45. The molecule has 0 aliphatic carbocycles. The second kappa shape index (κ2) is 7.55. The SMILES string of the molecule is Oc1ccccc1-c1ccc2ccc3ccc(-c4ccccc4O)nc3c2n1.[Mn]. The molecule has 2 N–H and O–H groups in total. The van der Waals surface area contributed by atoms with Gasteiger partial charge in [-0.15, -0.1) is 0 Å². The van der Waals surface area contributed by atoms with E-state index in [0.717, 1.165) is 21.8 Å². The quantitative estimate of drug-likeness (QED) is 0.292. The maximum atomic E-state index is 10.2. The second-order valence-electron chi connectivity index (χ2n) is 6.64. The van der Waals surface area contributed by atoms with Gasteiger partial charge in [0.2, 0.25) is 0 Å². The molecule has 5 rings (SSSR count). The molecule has 0 aliphatic heterocycles. The Morgan fingerprint density at radius 3 is 1.28 bits per heavy atom. The van der Waals surface area contributed by atoms with Gasteiger partial charge in [0.1, 0.15) is 11.5 Å². The third kappa shape index (κ3) is 3.31. The molecule has 0 spiro atoms. The van der Waals surface area contributed by atoms with Crippen LogP contribution in [0.4, 0.5) is 0 Å². The first-order valence-corrected chi connectivity index (χ1v) is 8.98. The van der Waals surface area contributed by atoms with Gasteiger partial charge in [-0.2, -0.15) is 0 Å². The Morgan fingerprint density at radius 1 is 0.483 bits per heavy atom. The summed E-state index contributed by atoms with van der Waals surface area (Å²) in [5, 5.41) is 22.3. The van der Waals surface area contributed by atoms with Crippen molar-refractivity contribution >= 4 is 21.8 Å². The third-order valence-corrected chi connectivity index (χ3v) is 4.88. The largest absolute Gasteiger partial charge is 0.507 e. The number of para-hydroxylation sites is 2. The van der Waals surface area contributed by atoms with E-state index in [0.29, 0.717) is 22.5 Å². The van der Waals surface area contributed by atoms with Crippen molar-refractivity contribution in [3.8, 4) is 34.0 Å². The number of benzene rings is 3. The summed E-state index contributed by atoms with van der Waals surface area (Å²) in [7, 11) is 0. The normalized spacial score (nSPS) is 10.8. The molecule has 141 valence electrons. The molecule has 0 saturated heterocycles. The van der Waals surface area contributed by atoms with Gasteiger partial charge in [0.25, 0.3) is 0 Å². The van der Waals surface area contributed by atoms with Gasteiger partial charge < -0.3 is 10.2 Å². The molecule has 29 heavy (non-hydrogen) atoms. The third-order valence-electron chi connectivity index (χ3n) is 4.88. The van der Waals surface area contributed by atoms with Crippen molar-refractivity contribution in [2.75, 3.05) is 0 Å². The smallest absolute Gasteiger partial charge is 0.124 e. The number of fused-ring (bicyclic) bond motifs is 3. The van der Waals surface area contributed by atoms with Crippen molar-refractivity contribution in [1.29, 1.82) is 0 Å². The summed E-state index contributed by atoms with van der Waals surface area (Å²) in [5.74, 6) is 0.384. The van der Waals surface area contributed by atoms with E-state index in [4.69, 9.17) is 9.97 Å². The monoisotopic (exact) mass is 419 g/mol. The summed E-state index contributed by atoms with van der Waals surface area (Å²) in [5.41, 5.74) is 4.25. The fourth-order valence-corrected chi connectivity index (χ4v) is 3.45. The number of hydrogen-bond acceptors (Lipinski definition) is 4. The van der Waals surface area contributed by atoms with Crippen molar-refractivity contribution in [3.63, 3.8) is 0 Å². The minimum absolute atomic E-state index is 0. The molecule has 2 heterocycles. The van der Waals surface area contributed by atoms with E-state index in [9.17, 15) is 10.2 Å². The van der Waals surface area contributed by atoms with Crippen molar-refractivity contribution in [2.24, 2.45) is 0 Å². The van der Waals surface area contributed by atoms with Crippen molar-refractivity contribution in [3.05, 3.63) is 84.9 Å². The number of aromatic nitrogens is 2. The van der Waals surface area contributed by atoms with Crippen LogP contribution in [-0.4, -0.2) is 20.2 Å². The average molecular weight is 419 g/mol. The van der Waals surface area contributed by atoms with Crippen LogP contribution in [0.5, 0.6) is 11.5 Å². The number of aromatic hydroxyl groups is 2. The summed E-state index contributed by atoms with van der Waals surface area (Å²) in [6, 6.07) is 26.1. The Labute approximate surface area is 178 Å². The number of phenols is 2. The van der Waals surface area contributed by atoms with E-state index >= 15 is 0 Å². The molecule has 3 aromatic carbocycles. The van der Waals surface area contributed by atoms with Gasteiger partial charge in [0, 0.05) is 39.0 Å². The van der Waals surface area contributed by atoms with Gasteiger partial charge >= 0.3 is 0 Å². The van der Waals surface area contributed by atoms with Gasteiger partial charge in [0.05, 0.1) is 22.4 Å². The van der Waals surface area contributed by atoms with Crippen LogP contribution in [0.1, 0.15) is 0 Å². The van der Waals surface area contributed by atoms with Crippen molar-refractivity contribution in [1.82, 2.24) is 9.97 Å². The Balaban J connectivity index is 0.00000205. The van der Waals surface area contributed by atoms with Gasteiger partial charge in [-0.1, -0.05) is 48.5 Å². The van der Waals surface area contributed by atoms with E-state index in [-0.39, 0.29) is 28.6 Å². The molecule has 0 unspecified atom stereocenters. The molecular formula is C24H16MnN2O2. The Morgan fingerprint density at radius 2 is 0.862 bits per heavy atom. The molecule has 2 aromatic heterocycles. The van der Waals surface area contributed by atoms with Gasteiger partial charge in [0.15, 0.2) is 0 Å². The maximum Gasteiger partial charge on any atom is 0.124 e. The van der Waals surface area contributed by atoms with Crippen LogP contribution in [0, 0.1) is 0 Å². The molecule has 0 atom stereocenters. The summed E-state index contributed by atoms with van der Waals surface area (Å²) in [4.78, 5) is 9.61. The standard InChI is InChI=1S/C24H16N2O2.Mn/c27-21-7-3-1-5-17(21)19-13-11-15-9-10-16-12-14-20(26-24(16)23(15)25-19)18-6-2-4-8-22(18)28;/h1-14,27-28H;. The van der Waals surface area contributed by atoms with E-state index in [1.54, 1.807) is 24.3 Å². The van der Waals surface area contributed by atoms with Crippen LogP contribution in [0.3, 0.4) is 0 Å². The summed E-state index contributed by atoms with van der Waals surface area (Å²) >= 11 is 0. The van der Waals surface area contributed by atoms with Gasteiger partial charge in [-0.05, 0) is 36.4 Å². The van der Waals surface area contributed by atoms with E-state index in [1.807, 2.05) is 60.7 Å². The Hall–Kier alpha value is -3.40. The van der Waals surface area contributed by atoms with Gasteiger partial charge in [-0.3, -0.25) is 0 Å². The van der Waals surface area contributed by atoms with Crippen LogP contribution in [0.15, 0.2) is 84.9 Å². The van der Waals surface area contributed by atoms with E-state index < -0.39 is 0 Å². The van der Waals surface area contributed by atoms with Crippen LogP contribution in [-0.2, 0) is 17.1 Å². The minimum Gasteiger partial charge on any atom is -0.507 e. The van der Waals surface area contributed by atoms with E-state index in [1.165, 1.54) is 0 Å². The predicted molar refractivity (Wildman–Crippen MR) is 111 cm³/mol. The first kappa shape index (κ1) is 18.9. The number of phenolic OH excluding ortho intramolecular Hbond substituents is 2. The van der Waals surface area contributed by atoms with Crippen LogP contribution < -0.4 is 0 Å². The molecule has 0 saturated carbocycles. The predicted octanol–water partition coefficient (Wildman–Crippen LogP) is 5.53. The molecule has 0 bridgehead atoms. The average Bonchev–Trinajstić information content (AvgIpc) is 2.74. The topological polar surface area (TPSA) is 66.2 Å². The first-order chi connectivity index (χ1) is 13.7. The van der Waals surface area contributed by atoms with E-state index in [2.05, 4.69) is 0 Å². The number of hydrogen-bond donors (Lipinski definition) is 2. The zero-order chi connectivity index (χ0) is 19.1. The molecule has 5 heteroatoms. The molecule has 4 nitrogen and oxygen atoms in total. The minimum atomic E-state index is 0. The molecule has 0 fully saturated rings. The Bertz CT molecular complexity index is 1250. The first-order valence-electron chi connectivity index (χ1n) is 8.98. The van der Waals surface area contributed by atoms with Crippen molar-refractivity contribution < 1.29 is 27.3 Å². The van der Waals surface area contributed by atoms with Crippen LogP contribution in [0.25, 0.3) is 44.3 Å². The number of nitrogens with zero attached hydrogens (tertiary/aromatic N) is 2. The molecule has 0 aliphatic rings. The summed E-state index contributed by atoms with van der Waals surface area (Å²) < 4.78 is 0. The zero-order valence-corrected chi connectivity index (χ0v) is 16.4. The number of pyridine rings is 2. The fraction of sp³-hybridized carbons (Fsp3) is 0. The number of rotatable bonds is 2.